The topological polar surface area (TPSA) is 122 Å². The summed E-state index contributed by atoms with van der Waals surface area (Å²) in [5.74, 6) is -0.581. The molecular weight excluding hydrogens is 354 g/mol. The first-order valence-electron chi connectivity index (χ1n) is 8.77. The molecule has 1 aromatic rings. The second-order valence-electron chi connectivity index (χ2n) is 7.51. The fourth-order valence-electron chi connectivity index (χ4n) is 2.87. The average Bonchev–Trinajstić information content (AvgIpc) is 2.59. The molecule has 0 aliphatic carbocycles. The number of nitrogens with zero attached hydrogens (tertiary/aromatic N) is 2. The summed E-state index contributed by atoms with van der Waals surface area (Å²) in [7, 11) is 0. The number of rotatable bonds is 4. The smallest absolute Gasteiger partial charge is 0.410 e. The first-order chi connectivity index (χ1) is 12.6. The normalized spacial score (nSPS) is 17.3. The van der Waals surface area contributed by atoms with Crippen molar-refractivity contribution in [1.82, 2.24) is 10.2 Å². The second kappa shape index (κ2) is 8.34. The van der Waals surface area contributed by atoms with Crippen molar-refractivity contribution in [3.05, 3.63) is 39.4 Å². The Balaban J connectivity index is 2.07. The van der Waals surface area contributed by atoms with Crippen molar-refractivity contribution in [3.8, 4) is 0 Å². The highest BCUT2D eigenvalue weighted by atomic mass is 16.6. The minimum Gasteiger partial charge on any atom is -0.444 e. The lowest BCUT2D eigenvalue weighted by Crippen LogP contribution is -2.50. The molecule has 148 valence electrons. The number of carbonyl (C=O) groups is 2. The number of nitro benzene ring substituents is 1. The van der Waals surface area contributed by atoms with E-state index >= 15 is 0 Å². The lowest BCUT2D eigenvalue weighted by atomic mass is 10.0. The van der Waals surface area contributed by atoms with Gasteiger partial charge in [-0.2, -0.15) is 0 Å². The van der Waals surface area contributed by atoms with Crippen LogP contribution in [0.5, 0.6) is 0 Å². The maximum absolute atomic E-state index is 12.5. The van der Waals surface area contributed by atoms with Crippen LogP contribution in [0.15, 0.2) is 18.2 Å². The third kappa shape index (κ3) is 5.65. The van der Waals surface area contributed by atoms with Crippen LogP contribution in [-0.4, -0.2) is 51.7 Å². The highest BCUT2D eigenvalue weighted by Crippen LogP contribution is 2.22. The Kier molecular flexibility index (Phi) is 6.37. The van der Waals surface area contributed by atoms with Crippen LogP contribution in [0.1, 0.15) is 49.5 Å². The van der Waals surface area contributed by atoms with Crippen LogP contribution in [0.2, 0.25) is 0 Å². The van der Waals surface area contributed by atoms with Crippen molar-refractivity contribution < 1.29 is 24.4 Å². The van der Waals surface area contributed by atoms with E-state index in [0.29, 0.717) is 24.9 Å². The van der Waals surface area contributed by atoms with Crippen LogP contribution in [-0.2, 0) is 11.3 Å². The molecule has 1 unspecified atom stereocenters. The van der Waals surface area contributed by atoms with Crippen molar-refractivity contribution in [2.24, 2.45) is 0 Å². The SMILES string of the molecule is CC(C)(C)OC(=O)N1CCCC(NC(=O)c2ccc(CO)cc2[N+](=O)[O-])C1. The quantitative estimate of drug-likeness (QED) is 0.611. The molecule has 0 radical (unpaired) electrons. The first kappa shape index (κ1) is 20.6. The molecule has 1 aromatic carbocycles. The summed E-state index contributed by atoms with van der Waals surface area (Å²) in [5.41, 5.74) is -0.694. The minimum absolute atomic E-state index is 0.0772. The molecule has 0 aromatic heterocycles. The van der Waals surface area contributed by atoms with E-state index in [2.05, 4.69) is 5.32 Å². The molecule has 1 fully saturated rings. The zero-order chi connectivity index (χ0) is 20.2. The minimum atomic E-state index is -0.651. The standard InChI is InChI=1S/C18H25N3O6/c1-18(2,3)27-17(24)20-8-4-5-13(10-20)19-16(23)14-7-6-12(11-22)9-15(14)21(25)26/h6-7,9,13,22H,4-5,8,10-11H2,1-3H3,(H,19,23). The molecule has 0 saturated carbocycles. The Hall–Kier alpha value is -2.68. The second-order valence-corrected chi connectivity index (χ2v) is 7.51. The van der Waals surface area contributed by atoms with Crippen LogP contribution in [0, 0.1) is 10.1 Å². The van der Waals surface area contributed by atoms with Crippen molar-refractivity contribution in [2.45, 2.75) is 51.9 Å². The van der Waals surface area contributed by atoms with Crippen LogP contribution < -0.4 is 5.32 Å². The van der Waals surface area contributed by atoms with Gasteiger partial charge in [-0.05, 0) is 45.2 Å². The predicted octanol–water partition coefficient (Wildman–Crippen LogP) is 2.22. The van der Waals surface area contributed by atoms with E-state index < -0.39 is 22.5 Å². The summed E-state index contributed by atoms with van der Waals surface area (Å²) in [5, 5.41) is 23.1. The fraction of sp³-hybridized carbons (Fsp3) is 0.556. The van der Waals surface area contributed by atoms with E-state index in [9.17, 15) is 19.7 Å². The number of piperidine rings is 1. The fourth-order valence-corrected chi connectivity index (χ4v) is 2.87. The third-order valence-electron chi connectivity index (χ3n) is 4.09. The summed E-state index contributed by atoms with van der Waals surface area (Å²) >= 11 is 0. The maximum Gasteiger partial charge on any atom is 0.410 e. The molecule has 0 bridgehead atoms. The maximum atomic E-state index is 12.5. The van der Waals surface area contributed by atoms with Crippen LogP contribution in [0.3, 0.4) is 0 Å². The van der Waals surface area contributed by atoms with Gasteiger partial charge in [-0.15, -0.1) is 0 Å². The molecule has 1 atom stereocenters. The van der Waals surface area contributed by atoms with Crippen LogP contribution >= 0.6 is 0 Å². The largest absolute Gasteiger partial charge is 0.444 e. The number of ether oxygens (including phenoxy) is 1. The van der Waals surface area contributed by atoms with Crippen molar-refractivity contribution in [1.29, 1.82) is 0 Å². The summed E-state index contributed by atoms with van der Waals surface area (Å²) in [6.45, 7) is 5.81. The molecule has 9 heteroatoms. The number of nitrogens with one attached hydrogen (secondary N) is 1. The number of hydrogen-bond acceptors (Lipinski definition) is 6. The van der Waals surface area contributed by atoms with E-state index in [0.717, 1.165) is 0 Å². The van der Waals surface area contributed by atoms with E-state index in [1.54, 1.807) is 20.8 Å². The van der Waals surface area contributed by atoms with Gasteiger partial charge in [0.2, 0.25) is 0 Å². The molecule has 1 aliphatic heterocycles. The monoisotopic (exact) mass is 379 g/mol. The van der Waals surface area contributed by atoms with Gasteiger partial charge in [0.25, 0.3) is 11.6 Å². The van der Waals surface area contributed by atoms with Gasteiger partial charge in [-0.1, -0.05) is 6.07 Å². The number of nitro groups is 1. The molecule has 9 nitrogen and oxygen atoms in total. The number of aliphatic hydroxyl groups is 1. The Morgan fingerprint density at radius 2 is 2.11 bits per heavy atom. The molecule has 0 spiro atoms. The summed E-state index contributed by atoms with van der Waals surface area (Å²) in [6, 6.07) is 3.65. The number of hydrogen-bond donors (Lipinski definition) is 2. The van der Waals surface area contributed by atoms with Gasteiger partial charge < -0.3 is 20.1 Å². The number of likely N-dealkylation sites (tertiary alicyclic amines) is 1. The Morgan fingerprint density at radius 1 is 1.41 bits per heavy atom. The third-order valence-corrected chi connectivity index (χ3v) is 4.09. The van der Waals surface area contributed by atoms with Gasteiger partial charge in [-0.3, -0.25) is 14.9 Å². The molecule has 1 saturated heterocycles. The van der Waals surface area contributed by atoms with E-state index in [1.165, 1.54) is 23.1 Å². The van der Waals surface area contributed by atoms with Crippen molar-refractivity contribution >= 4 is 17.7 Å². The zero-order valence-corrected chi connectivity index (χ0v) is 15.7. The highest BCUT2D eigenvalue weighted by molar-refractivity contribution is 5.98. The van der Waals surface area contributed by atoms with Gasteiger partial charge in [-0.25, -0.2) is 4.79 Å². The molecule has 2 N–H and O–H groups in total. The Labute approximate surface area is 157 Å². The zero-order valence-electron chi connectivity index (χ0n) is 15.7. The number of amides is 2. The summed E-state index contributed by atoms with van der Waals surface area (Å²) < 4.78 is 5.35. The lowest BCUT2D eigenvalue weighted by molar-refractivity contribution is -0.385. The average molecular weight is 379 g/mol. The number of carbonyl (C=O) groups excluding carboxylic acids is 2. The summed E-state index contributed by atoms with van der Waals surface area (Å²) in [4.78, 5) is 36.9. The first-order valence-corrected chi connectivity index (χ1v) is 8.77. The molecule has 1 aliphatic rings. The van der Waals surface area contributed by atoms with Crippen molar-refractivity contribution in [2.75, 3.05) is 13.1 Å². The van der Waals surface area contributed by atoms with Crippen LogP contribution in [0.4, 0.5) is 10.5 Å². The van der Waals surface area contributed by atoms with Crippen molar-refractivity contribution in [3.63, 3.8) is 0 Å². The van der Waals surface area contributed by atoms with Crippen LogP contribution in [0.25, 0.3) is 0 Å². The number of aliphatic hydroxyl groups excluding tert-OH is 1. The molecule has 27 heavy (non-hydrogen) atoms. The van der Waals surface area contributed by atoms with E-state index in [-0.39, 0.29) is 30.4 Å². The Morgan fingerprint density at radius 3 is 2.70 bits per heavy atom. The molecule has 2 rings (SSSR count). The van der Waals surface area contributed by atoms with E-state index in [4.69, 9.17) is 9.84 Å². The molecular formula is C18H25N3O6. The Bertz CT molecular complexity index is 728. The van der Waals surface area contributed by atoms with E-state index in [1.807, 2.05) is 0 Å². The highest BCUT2D eigenvalue weighted by Gasteiger charge is 2.30. The summed E-state index contributed by atoms with van der Waals surface area (Å²) in [6.07, 6.45) is 0.906. The van der Waals surface area contributed by atoms with Gasteiger partial charge in [0, 0.05) is 25.2 Å². The molecule has 1 heterocycles. The predicted molar refractivity (Wildman–Crippen MR) is 97.3 cm³/mol. The van der Waals surface area contributed by atoms with Gasteiger partial charge >= 0.3 is 6.09 Å². The van der Waals surface area contributed by atoms with Gasteiger partial charge in [0.1, 0.15) is 11.2 Å². The van der Waals surface area contributed by atoms with Gasteiger partial charge in [0.15, 0.2) is 0 Å². The molecule has 2 amide bonds. The lowest BCUT2D eigenvalue weighted by Gasteiger charge is -2.34. The number of benzene rings is 1. The van der Waals surface area contributed by atoms with Gasteiger partial charge in [0.05, 0.1) is 11.5 Å².